The highest BCUT2D eigenvalue weighted by molar-refractivity contribution is 7.92. The van der Waals surface area contributed by atoms with Gasteiger partial charge in [-0.15, -0.1) is 0 Å². The van der Waals surface area contributed by atoms with Crippen LogP contribution in [0.2, 0.25) is 10.0 Å². The van der Waals surface area contributed by atoms with Gasteiger partial charge in [-0.3, -0.25) is 13.9 Å². The maximum absolute atomic E-state index is 13.8. The normalized spacial score (nSPS) is 12.1. The van der Waals surface area contributed by atoms with Gasteiger partial charge in [0, 0.05) is 12.6 Å². The van der Waals surface area contributed by atoms with Crippen molar-refractivity contribution in [1.82, 2.24) is 10.2 Å². The van der Waals surface area contributed by atoms with Crippen molar-refractivity contribution < 1.29 is 22.7 Å². The summed E-state index contributed by atoms with van der Waals surface area (Å²) in [6.45, 7) is 4.96. The van der Waals surface area contributed by atoms with Crippen LogP contribution < -0.4 is 14.4 Å². The highest BCUT2D eigenvalue weighted by atomic mass is 35.5. The fraction of sp³-hybridized carbons (Fsp3) is 0.310. The summed E-state index contributed by atoms with van der Waals surface area (Å²) < 4.78 is 32.5. The van der Waals surface area contributed by atoms with E-state index in [-0.39, 0.29) is 24.2 Å². The predicted octanol–water partition coefficient (Wildman–Crippen LogP) is 5.88. The smallest absolute Gasteiger partial charge is 0.244 e. The molecule has 40 heavy (non-hydrogen) atoms. The number of sulfonamides is 1. The van der Waals surface area contributed by atoms with Gasteiger partial charge in [-0.25, -0.2) is 8.42 Å². The third-order valence-corrected chi connectivity index (χ3v) is 7.82. The van der Waals surface area contributed by atoms with Gasteiger partial charge in [-0.1, -0.05) is 54.4 Å². The number of hydrogen-bond donors (Lipinski definition) is 1. The number of amides is 2. The number of hydrogen-bond acceptors (Lipinski definition) is 5. The second-order valence-corrected chi connectivity index (χ2v) is 12.3. The first-order valence-electron chi connectivity index (χ1n) is 12.7. The molecule has 214 valence electrons. The van der Waals surface area contributed by atoms with Crippen LogP contribution in [-0.2, 0) is 26.2 Å². The van der Waals surface area contributed by atoms with Gasteiger partial charge in [0.2, 0.25) is 21.8 Å². The minimum Gasteiger partial charge on any atom is -0.457 e. The fourth-order valence-electron chi connectivity index (χ4n) is 4.05. The molecule has 1 atom stereocenters. The molecule has 3 aromatic rings. The number of nitrogens with one attached hydrogen (secondary N) is 1. The molecule has 0 saturated carbocycles. The standard InChI is InChI=1S/C29H33Cl2N3O5S/c1-5-27(29(36)32-20(2)3)33(18-21-11-16-25(30)26(31)17-21)28(35)19-34(40(4,37)38)22-12-14-24(15-13-22)39-23-9-7-6-8-10-23/h6-17,20,27H,5,18-19H2,1-4H3,(H,32,36). The summed E-state index contributed by atoms with van der Waals surface area (Å²) in [5.41, 5.74) is 0.928. The molecule has 2 amide bonds. The molecule has 11 heteroatoms. The molecule has 0 aliphatic rings. The second-order valence-electron chi connectivity index (χ2n) is 9.54. The van der Waals surface area contributed by atoms with Crippen LogP contribution in [0.15, 0.2) is 72.8 Å². The van der Waals surface area contributed by atoms with Crippen molar-refractivity contribution in [3.8, 4) is 11.5 Å². The molecule has 0 aromatic heterocycles. The van der Waals surface area contributed by atoms with Gasteiger partial charge in [0.1, 0.15) is 24.1 Å². The molecule has 0 aliphatic heterocycles. The minimum absolute atomic E-state index is 0.0290. The molecular weight excluding hydrogens is 573 g/mol. The van der Waals surface area contributed by atoms with Crippen LogP contribution in [-0.4, -0.2) is 50.0 Å². The van der Waals surface area contributed by atoms with Crippen LogP contribution in [0.5, 0.6) is 11.5 Å². The topological polar surface area (TPSA) is 96.0 Å². The van der Waals surface area contributed by atoms with Crippen molar-refractivity contribution in [2.45, 2.75) is 45.8 Å². The zero-order valence-corrected chi connectivity index (χ0v) is 25.1. The second kappa shape index (κ2) is 13.9. The van der Waals surface area contributed by atoms with E-state index in [2.05, 4.69) is 5.32 Å². The maximum atomic E-state index is 13.8. The van der Waals surface area contributed by atoms with Crippen LogP contribution in [0.25, 0.3) is 0 Å². The number of para-hydroxylation sites is 1. The number of rotatable bonds is 12. The van der Waals surface area contributed by atoms with Crippen LogP contribution in [0.1, 0.15) is 32.8 Å². The number of halogens is 2. The highest BCUT2D eigenvalue weighted by Gasteiger charge is 2.32. The van der Waals surface area contributed by atoms with Gasteiger partial charge < -0.3 is 15.0 Å². The van der Waals surface area contributed by atoms with Crippen molar-refractivity contribution in [1.29, 1.82) is 0 Å². The summed E-state index contributed by atoms with van der Waals surface area (Å²) >= 11 is 12.3. The fourth-order valence-corrected chi connectivity index (χ4v) is 5.22. The zero-order valence-electron chi connectivity index (χ0n) is 22.8. The van der Waals surface area contributed by atoms with Crippen LogP contribution in [0, 0.1) is 0 Å². The quantitative estimate of drug-likeness (QED) is 0.278. The van der Waals surface area contributed by atoms with Crippen molar-refractivity contribution in [2.75, 3.05) is 17.1 Å². The predicted molar refractivity (Wildman–Crippen MR) is 160 cm³/mol. The largest absolute Gasteiger partial charge is 0.457 e. The third-order valence-electron chi connectivity index (χ3n) is 5.94. The van der Waals surface area contributed by atoms with E-state index in [4.69, 9.17) is 27.9 Å². The van der Waals surface area contributed by atoms with E-state index in [1.807, 2.05) is 32.0 Å². The number of carbonyl (C=O) groups excluding carboxylic acids is 2. The van der Waals surface area contributed by atoms with Gasteiger partial charge in [-0.05, 0) is 74.4 Å². The van der Waals surface area contributed by atoms with Crippen molar-refractivity contribution in [2.24, 2.45) is 0 Å². The molecule has 0 spiro atoms. The van der Waals surface area contributed by atoms with Crippen LogP contribution >= 0.6 is 23.2 Å². The first kappa shape index (κ1) is 31.3. The van der Waals surface area contributed by atoms with E-state index in [1.165, 1.54) is 4.90 Å². The molecule has 0 saturated heterocycles. The first-order chi connectivity index (χ1) is 18.9. The van der Waals surface area contributed by atoms with E-state index >= 15 is 0 Å². The monoisotopic (exact) mass is 605 g/mol. The van der Waals surface area contributed by atoms with Crippen LogP contribution in [0.3, 0.4) is 0 Å². The lowest BCUT2D eigenvalue weighted by Crippen LogP contribution is -2.53. The summed E-state index contributed by atoms with van der Waals surface area (Å²) in [5, 5.41) is 3.52. The number of carbonyl (C=O) groups is 2. The molecule has 8 nitrogen and oxygen atoms in total. The van der Waals surface area contributed by atoms with Gasteiger partial charge in [-0.2, -0.15) is 0 Å². The zero-order chi connectivity index (χ0) is 29.4. The van der Waals surface area contributed by atoms with Crippen molar-refractivity contribution >= 4 is 50.7 Å². The summed E-state index contributed by atoms with van der Waals surface area (Å²) in [7, 11) is -3.87. The van der Waals surface area contributed by atoms with E-state index in [0.717, 1.165) is 10.6 Å². The van der Waals surface area contributed by atoms with E-state index < -0.39 is 28.5 Å². The Kier molecular flexibility index (Phi) is 10.8. The average molecular weight is 607 g/mol. The Morgan fingerprint density at radius 2 is 1.55 bits per heavy atom. The van der Waals surface area contributed by atoms with Gasteiger partial charge in [0.25, 0.3) is 0 Å². The number of ether oxygens (including phenoxy) is 1. The number of anilines is 1. The lowest BCUT2D eigenvalue weighted by atomic mass is 10.1. The van der Waals surface area contributed by atoms with Crippen molar-refractivity contribution in [3.63, 3.8) is 0 Å². The van der Waals surface area contributed by atoms with E-state index in [0.29, 0.717) is 33.5 Å². The lowest BCUT2D eigenvalue weighted by molar-refractivity contribution is -0.140. The van der Waals surface area contributed by atoms with Crippen LogP contribution in [0.4, 0.5) is 5.69 Å². The summed E-state index contributed by atoms with van der Waals surface area (Å²) in [6, 6.07) is 19.5. The van der Waals surface area contributed by atoms with E-state index in [9.17, 15) is 18.0 Å². The molecule has 0 aliphatic carbocycles. The SMILES string of the molecule is CCC(C(=O)NC(C)C)N(Cc1ccc(Cl)c(Cl)c1)C(=O)CN(c1ccc(Oc2ccccc2)cc1)S(C)(=O)=O. The number of nitrogens with zero attached hydrogens (tertiary/aromatic N) is 2. The van der Waals surface area contributed by atoms with Gasteiger partial charge >= 0.3 is 0 Å². The molecule has 3 rings (SSSR count). The summed E-state index contributed by atoms with van der Waals surface area (Å²) in [6.07, 6.45) is 1.34. The summed E-state index contributed by atoms with van der Waals surface area (Å²) in [5.74, 6) is 0.257. The minimum atomic E-state index is -3.87. The lowest BCUT2D eigenvalue weighted by Gasteiger charge is -2.33. The van der Waals surface area contributed by atoms with Gasteiger partial charge in [0.05, 0.1) is 22.0 Å². The highest BCUT2D eigenvalue weighted by Crippen LogP contribution is 2.27. The van der Waals surface area contributed by atoms with E-state index in [1.54, 1.807) is 61.5 Å². The Hall–Kier alpha value is -3.27. The molecule has 3 aromatic carbocycles. The van der Waals surface area contributed by atoms with Crippen molar-refractivity contribution in [3.05, 3.63) is 88.4 Å². The Bertz CT molecular complexity index is 1420. The Morgan fingerprint density at radius 1 is 0.925 bits per heavy atom. The Labute approximate surface area is 245 Å². The Balaban J connectivity index is 1.91. The number of benzene rings is 3. The third kappa shape index (κ3) is 8.61. The molecule has 1 N–H and O–H groups in total. The molecule has 0 bridgehead atoms. The molecular formula is C29H33Cl2N3O5S. The average Bonchev–Trinajstić information content (AvgIpc) is 2.89. The first-order valence-corrected chi connectivity index (χ1v) is 15.3. The molecule has 1 unspecified atom stereocenters. The molecule has 0 radical (unpaired) electrons. The molecule has 0 heterocycles. The maximum Gasteiger partial charge on any atom is 0.244 e. The molecule has 0 fully saturated rings. The van der Waals surface area contributed by atoms with Gasteiger partial charge in [0.15, 0.2) is 0 Å². The summed E-state index contributed by atoms with van der Waals surface area (Å²) in [4.78, 5) is 28.2. The Morgan fingerprint density at radius 3 is 2.10 bits per heavy atom.